The van der Waals surface area contributed by atoms with Crippen LogP contribution in [0.5, 0.6) is 0 Å². The van der Waals surface area contributed by atoms with Gasteiger partial charge in [-0.3, -0.25) is 9.48 Å². The van der Waals surface area contributed by atoms with E-state index < -0.39 is 5.54 Å². The Morgan fingerprint density at radius 2 is 2.36 bits per heavy atom. The van der Waals surface area contributed by atoms with Crippen molar-refractivity contribution in [2.45, 2.75) is 25.8 Å². The summed E-state index contributed by atoms with van der Waals surface area (Å²) in [6.45, 7) is 3.62. The average Bonchev–Trinajstić information content (AvgIpc) is 2.45. The van der Waals surface area contributed by atoms with E-state index in [0.717, 1.165) is 0 Å². The molecule has 1 rings (SSSR count). The molecule has 0 aliphatic heterocycles. The molecule has 0 spiro atoms. The molecule has 1 atom stereocenters. The maximum atomic E-state index is 12.0. The Labute approximate surface area is 91.6 Å². The number of ketones is 1. The van der Waals surface area contributed by atoms with Gasteiger partial charge in [0.2, 0.25) is 5.78 Å². The van der Waals surface area contributed by atoms with E-state index in [4.69, 9.17) is 5.73 Å². The SMILES string of the molecule is CCC(C)(N)C(=O)c1c(Br)cnn1C. The number of aryl methyl sites for hydroxylation is 1. The molecule has 5 heteroatoms. The number of rotatable bonds is 3. The van der Waals surface area contributed by atoms with Crippen molar-refractivity contribution < 1.29 is 4.79 Å². The minimum absolute atomic E-state index is 0.0909. The van der Waals surface area contributed by atoms with Crippen LogP contribution in [0.15, 0.2) is 10.7 Å². The van der Waals surface area contributed by atoms with E-state index >= 15 is 0 Å². The van der Waals surface area contributed by atoms with Crippen molar-refractivity contribution in [1.82, 2.24) is 9.78 Å². The molecule has 78 valence electrons. The highest BCUT2D eigenvalue weighted by Crippen LogP contribution is 2.21. The van der Waals surface area contributed by atoms with Crippen molar-refractivity contribution in [2.24, 2.45) is 12.8 Å². The van der Waals surface area contributed by atoms with Crippen molar-refractivity contribution in [3.63, 3.8) is 0 Å². The summed E-state index contributed by atoms with van der Waals surface area (Å²) in [5.74, 6) is -0.0909. The van der Waals surface area contributed by atoms with Crippen LogP contribution in [0.25, 0.3) is 0 Å². The predicted octanol–water partition coefficient (Wildman–Crippen LogP) is 1.49. The van der Waals surface area contributed by atoms with E-state index in [0.29, 0.717) is 16.6 Å². The van der Waals surface area contributed by atoms with Gasteiger partial charge in [-0.1, -0.05) is 6.92 Å². The summed E-state index contributed by atoms with van der Waals surface area (Å²) in [6, 6.07) is 0. The number of halogens is 1. The molecule has 14 heavy (non-hydrogen) atoms. The third-order valence-electron chi connectivity index (χ3n) is 2.36. The van der Waals surface area contributed by atoms with Gasteiger partial charge >= 0.3 is 0 Å². The van der Waals surface area contributed by atoms with E-state index in [-0.39, 0.29) is 5.78 Å². The Balaban J connectivity index is 3.13. The molecule has 1 aromatic rings. The van der Waals surface area contributed by atoms with Gasteiger partial charge < -0.3 is 5.73 Å². The minimum atomic E-state index is -0.823. The predicted molar refractivity (Wildman–Crippen MR) is 58.1 cm³/mol. The molecule has 0 saturated heterocycles. The first-order chi connectivity index (χ1) is 6.40. The highest BCUT2D eigenvalue weighted by molar-refractivity contribution is 9.10. The average molecular weight is 260 g/mol. The lowest BCUT2D eigenvalue weighted by Crippen LogP contribution is -2.45. The summed E-state index contributed by atoms with van der Waals surface area (Å²) >= 11 is 3.28. The van der Waals surface area contributed by atoms with Crippen LogP contribution in [0.4, 0.5) is 0 Å². The number of nitrogens with zero attached hydrogens (tertiary/aromatic N) is 2. The van der Waals surface area contributed by atoms with Crippen LogP contribution in [-0.4, -0.2) is 21.1 Å². The molecule has 2 N–H and O–H groups in total. The molecule has 1 unspecified atom stereocenters. The largest absolute Gasteiger partial charge is 0.319 e. The molecule has 1 aromatic heterocycles. The van der Waals surface area contributed by atoms with Crippen molar-refractivity contribution in [1.29, 1.82) is 0 Å². The van der Waals surface area contributed by atoms with E-state index in [2.05, 4.69) is 21.0 Å². The summed E-state index contributed by atoms with van der Waals surface area (Å²) < 4.78 is 2.22. The first-order valence-corrected chi connectivity index (χ1v) is 5.20. The van der Waals surface area contributed by atoms with Crippen LogP contribution in [0, 0.1) is 0 Å². The zero-order chi connectivity index (χ0) is 10.9. The zero-order valence-electron chi connectivity index (χ0n) is 8.54. The minimum Gasteiger partial charge on any atom is -0.319 e. The molecule has 0 aliphatic carbocycles. The summed E-state index contributed by atoms with van der Waals surface area (Å²) in [5.41, 5.74) is 5.58. The second-order valence-corrected chi connectivity index (χ2v) is 4.42. The summed E-state index contributed by atoms with van der Waals surface area (Å²) in [5, 5.41) is 3.98. The van der Waals surface area contributed by atoms with Crippen LogP contribution in [0.2, 0.25) is 0 Å². The van der Waals surface area contributed by atoms with E-state index in [1.165, 1.54) is 4.68 Å². The van der Waals surface area contributed by atoms with E-state index in [1.54, 1.807) is 20.2 Å². The van der Waals surface area contributed by atoms with Gasteiger partial charge in [-0.15, -0.1) is 0 Å². The van der Waals surface area contributed by atoms with E-state index in [1.807, 2.05) is 6.92 Å². The van der Waals surface area contributed by atoms with Crippen molar-refractivity contribution in [3.8, 4) is 0 Å². The molecule has 1 heterocycles. The van der Waals surface area contributed by atoms with Gasteiger partial charge in [0.1, 0.15) is 5.69 Å². The number of hydrogen-bond acceptors (Lipinski definition) is 3. The molecule has 0 saturated carbocycles. The number of aromatic nitrogens is 2. The van der Waals surface area contributed by atoms with Crippen LogP contribution in [-0.2, 0) is 7.05 Å². The smallest absolute Gasteiger partial charge is 0.201 e. The maximum absolute atomic E-state index is 12.0. The molecule has 0 radical (unpaired) electrons. The Hall–Kier alpha value is -0.680. The lowest BCUT2D eigenvalue weighted by Gasteiger charge is -2.20. The van der Waals surface area contributed by atoms with Gasteiger partial charge in [0.15, 0.2) is 0 Å². The maximum Gasteiger partial charge on any atom is 0.201 e. The highest BCUT2D eigenvalue weighted by atomic mass is 79.9. The Morgan fingerprint density at radius 3 is 2.71 bits per heavy atom. The second kappa shape index (κ2) is 3.82. The highest BCUT2D eigenvalue weighted by Gasteiger charge is 2.30. The quantitative estimate of drug-likeness (QED) is 0.837. The summed E-state index contributed by atoms with van der Waals surface area (Å²) in [7, 11) is 1.73. The van der Waals surface area contributed by atoms with Crippen molar-refractivity contribution in [3.05, 3.63) is 16.4 Å². The van der Waals surface area contributed by atoms with Crippen LogP contribution in [0.1, 0.15) is 30.8 Å². The normalized spacial score (nSPS) is 15.2. The molecule has 0 bridgehead atoms. The molecule has 0 fully saturated rings. The van der Waals surface area contributed by atoms with Gasteiger partial charge in [0.05, 0.1) is 16.2 Å². The Kier molecular flexibility index (Phi) is 3.11. The summed E-state index contributed by atoms with van der Waals surface area (Å²) in [4.78, 5) is 12.0. The first-order valence-electron chi connectivity index (χ1n) is 4.41. The van der Waals surface area contributed by atoms with Gasteiger partial charge in [-0.25, -0.2) is 0 Å². The lowest BCUT2D eigenvalue weighted by atomic mass is 9.92. The molecule has 0 amide bonds. The number of nitrogens with two attached hydrogens (primary N) is 1. The standard InChI is InChI=1S/C9H14BrN3O/c1-4-9(2,11)8(14)7-6(10)5-12-13(7)3/h5H,4,11H2,1-3H3. The van der Waals surface area contributed by atoms with Crippen LogP contribution >= 0.6 is 15.9 Å². The van der Waals surface area contributed by atoms with Gasteiger partial charge in [0, 0.05) is 7.05 Å². The van der Waals surface area contributed by atoms with Crippen molar-refractivity contribution >= 4 is 21.7 Å². The lowest BCUT2D eigenvalue weighted by molar-refractivity contribution is 0.0887. The van der Waals surface area contributed by atoms with Crippen molar-refractivity contribution in [2.75, 3.05) is 0 Å². The number of carbonyl (C=O) groups is 1. The molecular weight excluding hydrogens is 246 g/mol. The fourth-order valence-electron chi connectivity index (χ4n) is 1.10. The van der Waals surface area contributed by atoms with Gasteiger partial charge in [-0.05, 0) is 29.3 Å². The molecule has 0 aromatic carbocycles. The zero-order valence-corrected chi connectivity index (χ0v) is 10.1. The Bertz CT molecular complexity index is 337. The third-order valence-corrected chi connectivity index (χ3v) is 2.94. The Morgan fingerprint density at radius 1 is 1.79 bits per heavy atom. The van der Waals surface area contributed by atoms with Gasteiger partial charge in [0.25, 0.3) is 0 Å². The molecular formula is C9H14BrN3O. The number of hydrogen-bond donors (Lipinski definition) is 1. The monoisotopic (exact) mass is 259 g/mol. The summed E-state index contributed by atoms with van der Waals surface area (Å²) in [6.07, 6.45) is 2.20. The number of carbonyl (C=O) groups excluding carboxylic acids is 1. The fraction of sp³-hybridized carbons (Fsp3) is 0.556. The number of Topliss-reactive ketones (excluding diaryl/α,β-unsaturated/α-hetero) is 1. The molecule has 0 aliphatic rings. The van der Waals surface area contributed by atoms with Crippen LogP contribution in [0.3, 0.4) is 0 Å². The first kappa shape index (κ1) is 11.4. The fourth-order valence-corrected chi connectivity index (χ4v) is 1.63. The van der Waals surface area contributed by atoms with Crippen LogP contribution < -0.4 is 5.73 Å². The molecule has 4 nitrogen and oxygen atoms in total. The van der Waals surface area contributed by atoms with E-state index in [9.17, 15) is 4.79 Å². The second-order valence-electron chi connectivity index (χ2n) is 3.56. The topological polar surface area (TPSA) is 60.9 Å². The third kappa shape index (κ3) is 1.88. The van der Waals surface area contributed by atoms with Gasteiger partial charge in [-0.2, -0.15) is 5.10 Å².